The van der Waals surface area contributed by atoms with Crippen molar-refractivity contribution in [1.82, 2.24) is 10.2 Å². The molecule has 4 unspecified atom stereocenters. The van der Waals surface area contributed by atoms with Gasteiger partial charge in [-0.25, -0.2) is 4.39 Å². The molecule has 1 saturated carbocycles. The highest BCUT2D eigenvalue weighted by Crippen LogP contribution is 2.37. The lowest BCUT2D eigenvalue weighted by Crippen LogP contribution is -2.52. The lowest BCUT2D eigenvalue weighted by atomic mass is 9.78. The summed E-state index contributed by atoms with van der Waals surface area (Å²) >= 11 is 0. The van der Waals surface area contributed by atoms with Gasteiger partial charge in [0.15, 0.2) is 0 Å². The zero-order valence-corrected chi connectivity index (χ0v) is 26.8. The molecule has 0 aromatic heterocycles. The summed E-state index contributed by atoms with van der Waals surface area (Å²) < 4.78 is 19.7. The van der Waals surface area contributed by atoms with Crippen LogP contribution in [-0.2, 0) is 29.2 Å². The molecule has 0 radical (unpaired) electrons. The maximum Gasteiger partial charge on any atom is 0.255 e. The number of hydrogen-bond donors (Lipinski definition) is 1. The van der Waals surface area contributed by atoms with Gasteiger partial charge < -0.3 is 9.64 Å². The van der Waals surface area contributed by atoms with Crippen LogP contribution in [-0.4, -0.2) is 28.7 Å². The van der Waals surface area contributed by atoms with Crippen molar-refractivity contribution in [2.75, 3.05) is 0 Å². The Morgan fingerprint density at radius 1 is 0.848 bits per heavy atom. The van der Waals surface area contributed by atoms with Crippen molar-refractivity contribution in [2.45, 2.75) is 103 Å². The van der Waals surface area contributed by atoms with E-state index in [2.05, 4.69) is 36.5 Å². The molecule has 6 nitrogen and oxygen atoms in total. The summed E-state index contributed by atoms with van der Waals surface area (Å²) in [6.45, 7) is 3.05. The monoisotopic (exact) mass is 624 g/mol. The molecule has 1 N–H and O–H groups in total. The van der Waals surface area contributed by atoms with Crippen molar-refractivity contribution in [1.29, 1.82) is 0 Å². The topological polar surface area (TPSA) is 75.7 Å². The van der Waals surface area contributed by atoms with Crippen LogP contribution in [0.25, 0.3) is 0 Å². The minimum absolute atomic E-state index is 0.158. The molecule has 2 heterocycles. The third-order valence-corrected chi connectivity index (χ3v) is 10.4. The number of benzene rings is 3. The summed E-state index contributed by atoms with van der Waals surface area (Å²) in [6, 6.07) is 20.7. The van der Waals surface area contributed by atoms with Gasteiger partial charge in [0.25, 0.3) is 5.91 Å². The predicted molar refractivity (Wildman–Crippen MR) is 176 cm³/mol. The number of carbonyl (C=O) groups excluding carboxylic acids is 3. The van der Waals surface area contributed by atoms with Crippen LogP contribution in [0.1, 0.15) is 110 Å². The van der Waals surface area contributed by atoms with Crippen LogP contribution in [0.3, 0.4) is 0 Å². The Balaban J connectivity index is 1.00. The van der Waals surface area contributed by atoms with E-state index in [1.807, 2.05) is 24.3 Å². The zero-order valence-electron chi connectivity index (χ0n) is 26.8. The number of hydrogen-bond acceptors (Lipinski definition) is 4. The number of piperidine rings is 1. The van der Waals surface area contributed by atoms with Crippen molar-refractivity contribution in [3.05, 3.63) is 100 Å². The van der Waals surface area contributed by atoms with Crippen molar-refractivity contribution >= 4 is 17.7 Å². The molecule has 242 valence electrons. The fourth-order valence-corrected chi connectivity index (χ4v) is 7.68. The lowest BCUT2D eigenvalue weighted by molar-refractivity contribution is -0.136. The predicted octanol–water partition coefficient (Wildman–Crippen LogP) is 7.88. The molecule has 6 rings (SSSR count). The molecule has 1 aliphatic carbocycles. The molecule has 7 heteroatoms. The standard InChI is InChI=1S/C39H45FN2O4/c1-26-6-2-3-7-27(8-4-9-32(26)30-18-20-31(40)21-19-30)12-13-28-14-16-29(17-15-28)25-46-36-11-5-10-33-34(36)24-42(39(33)45)35-22-23-37(43)41-38(35)44/h5,10-11,14-21,26-27,32,35H,2-4,6-9,12-13,22-25H2,1H3,(H,41,43,44). The maximum absolute atomic E-state index is 13.5. The van der Waals surface area contributed by atoms with Gasteiger partial charge in [-0.05, 0) is 84.4 Å². The van der Waals surface area contributed by atoms with E-state index < -0.39 is 11.9 Å². The van der Waals surface area contributed by atoms with Gasteiger partial charge in [0.1, 0.15) is 24.2 Å². The largest absolute Gasteiger partial charge is 0.489 e. The second-order valence-electron chi connectivity index (χ2n) is 13.5. The lowest BCUT2D eigenvalue weighted by Gasteiger charge is -2.29. The molecule has 3 aromatic rings. The summed E-state index contributed by atoms with van der Waals surface area (Å²) in [7, 11) is 0. The van der Waals surface area contributed by atoms with Gasteiger partial charge in [-0.15, -0.1) is 0 Å². The average molecular weight is 625 g/mol. The molecule has 4 atom stereocenters. The average Bonchev–Trinajstić information content (AvgIpc) is 3.39. The van der Waals surface area contributed by atoms with Crippen LogP contribution in [0.15, 0.2) is 66.7 Å². The number of rotatable bonds is 8. The van der Waals surface area contributed by atoms with E-state index in [0.717, 1.165) is 23.5 Å². The van der Waals surface area contributed by atoms with Crippen molar-refractivity contribution in [2.24, 2.45) is 11.8 Å². The minimum Gasteiger partial charge on any atom is -0.489 e. The van der Waals surface area contributed by atoms with E-state index in [9.17, 15) is 18.8 Å². The van der Waals surface area contributed by atoms with Crippen LogP contribution in [0.5, 0.6) is 5.75 Å². The van der Waals surface area contributed by atoms with E-state index in [4.69, 9.17) is 4.74 Å². The number of imide groups is 1. The Morgan fingerprint density at radius 3 is 2.37 bits per heavy atom. The van der Waals surface area contributed by atoms with Gasteiger partial charge in [0.05, 0.1) is 6.54 Å². The second kappa shape index (κ2) is 14.6. The highest BCUT2D eigenvalue weighted by atomic mass is 19.1. The van der Waals surface area contributed by atoms with Crippen molar-refractivity contribution < 1.29 is 23.5 Å². The number of aryl methyl sites for hydroxylation is 1. The normalized spacial score (nSPS) is 24.0. The Hall–Kier alpha value is -4.00. The van der Waals surface area contributed by atoms with Crippen LogP contribution in [0.4, 0.5) is 4.39 Å². The van der Waals surface area contributed by atoms with Crippen molar-refractivity contribution in [3.8, 4) is 5.75 Å². The van der Waals surface area contributed by atoms with Crippen molar-refractivity contribution in [3.63, 3.8) is 0 Å². The highest BCUT2D eigenvalue weighted by Gasteiger charge is 2.40. The maximum atomic E-state index is 13.5. The first-order valence-electron chi connectivity index (χ1n) is 17.1. The van der Waals surface area contributed by atoms with Crippen LogP contribution in [0, 0.1) is 17.7 Å². The van der Waals surface area contributed by atoms with E-state index in [1.165, 1.54) is 62.5 Å². The molecule has 3 amide bonds. The zero-order chi connectivity index (χ0) is 32.0. The molecule has 0 spiro atoms. The molecular formula is C39H45FN2O4. The SMILES string of the molecule is CC1CCCCC(CCc2ccc(COc3cccc4c3CN(C3CCC(=O)NC3=O)C4=O)cc2)CCCC1c1ccc(F)cc1. The Kier molecular flexibility index (Phi) is 10.2. The second-order valence-corrected chi connectivity index (χ2v) is 13.5. The van der Waals surface area contributed by atoms with Crippen LogP contribution >= 0.6 is 0 Å². The van der Waals surface area contributed by atoms with Gasteiger partial charge in [0.2, 0.25) is 11.8 Å². The number of ether oxygens (including phenoxy) is 1. The first-order valence-corrected chi connectivity index (χ1v) is 17.1. The van der Waals surface area contributed by atoms with Crippen LogP contribution < -0.4 is 10.1 Å². The number of fused-ring (bicyclic) bond motifs is 1. The minimum atomic E-state index is -0.642. The van der Waals surface area contributed by atoms with Gasteiger partial charge in [-0.2, -0.15) is 0 Å². The molecule has 2 aliphatic heterocycles. The molecule has 46 heavy (non-hydrogen) atoms. The van der Waals surface area contributed by atoms with Gasteiger partial charge in [-0.3, -0.25) is 19.7 Å². The molecule has 0 bridgehead atoms. The van der Waals surface area contributed by atoms with Gasteiger partial charge in [0, 0.05) is 17.5 Å². The number of nitrogens with zero attached hydrogens (tertiary/aromatic N) is 1. The van der Waals surface area contributed by atoms with E-state index in [1.54, 1.807) is 23.1 Å². The summed E-state index contributed by atoms with van der Waals surface area (Å²) in [6.07, 6.45) is 11.5. The summed E-state index contributed by atoms with van der Waals surface area (Å²) in [5.41, 5.74) is 5.03. The summed E-state index contributed by atoms with van der Waals surface area (Å²) in [4.78, 5) is 38.7. The number of carbonyl (C=O) groups is 3. The number of halogens is 1. The third kappa shape index (κ3) is 7.51. The van der Waals surface area contributed by atoms with Gasteiger partial charge in [-0.1, -0.05) is 87.9 Å². The molecule has 1 saturated heterocycles. The quantitative estimate of drug-likeness (QED) is 0.259. The smallest absolute Gasteiger partial charge is 0.255 e. The number of amides is 3. The summed E-state index contributed by atoms with van der Waals surface area (Å²) in [5, 5.41) is 2.35. The number of nitrogens with one attached hydrogen (secondary N) is 1. The third-order valence-electron chi connectivity index (χ3n) is 10.4. The molecule has 3 aliphatic rings. The highest BCUT2D eigenvalue weighted by molar-refractivity contribution is 6.05. The van der Waals surface area contributed by atoms with Crippen LogP contribution in [0.2, 0.25) is 0 Å². The Labute approximate surface area is 271 Å². The van der Waals surface area contributed by atoms with E-state index in [-0.39, 0.29) is 24.1 Å². The first kappa shape index (κ1) is 32.0. The van der Waals surface area contributed by atoms with E-state index in [0.29, 0.717) is 42.7 Å². The van der Waals surface area contributed by atoms with Gasteiger partial charge >= 0.3 is 0 Å². The molecular weight excluding hydrogens is 579 g/mol. The molecule has 2 fully saturated rings. The molecule has 3 aromatic carbocycles. The fourth-order valence-electron chi connectivity index (χ4n) is 7.68. The first-order chi connectivity index (χ1) is 22.4. The fraction of sp³-hybridized carbons (Fsp3) is 0.462. The summed E-state index contributed by atoms with van der Waals surface area (Å²) in [5.74, 6) is 1.46. The Morgan fingerprint density at radius 2 is 1.59 bits per heavy atom. The van der Waals surface area contributed by atoms with E-state index >= 15 is 0 Å². The Bertz CT molecular complexity index is 1540.